The van der Waals surface area contributed by atoms with Crippen LogP contribution in [0.4, 0.5) is 0 Å². The zero-order valence-electron chi connectivity index (χ0n) is 25.6. The molecular weight excluding hydrogens is 556 g/mol. The van der Waals surface area contributed by atoms with Gasteiger partial charge in [0.1, 0.15) is 0 Å². The molecule has 0 N–H and O–H groups in total. The fourth-order valence-electron chi connectivity index (χ4n) is 8.07. The lowest BCUT2D eigenvalue weighted by Crippen LogP contribution is -2.02. The van der Waals surface area contributed by atoms with Crippen molar-refractivity contribution in [3.63, 3.8) is 0 Å². The molecule has 2 nitrogen and oxygen atoms in total. The van der Waals surface area contributed by atoms with Gasteiger partial charge in [-0.3, -0.25) is 0 Å². The molecule has 218 valence electrons. The van der Waals surface area contributed by atoms with Crippen molar-refractivity contribution in [1.29, 1.82) is 0 Å². The number of fused-ring (bicyclic) bond motifs is 8. The summed E-state index contributed by atoms with van der Waals surface area (Å²) in [6.07, 6.45) is 13.6. The molecule has 0 bridgehead atoms. The Morgan fingerprint density at radius 2 is 1.22 bits per heavy atom. The van der Waals surface area contributed by atoms with Crippen molar-refractivity contribution in [2.24, 2.45) is 0 Å². The standard InChI is InChI=1S/C44H32N2/c1-2-12-31-26-34(23-20-29(31)10-1)45-41-17-7-5-15-36(41)38-27-32(21-24-43(38)45)33-22-25-44-39(28-33)37-16-6-8-18-42(37)46(44)40-19-9-13-30-11-3-4-14-35(30)40/h1-2,4,6-10,12-14,16-28H,3,5,11,15H2. The maximum absolute atomic E-state index is 2.47. The van der Waals surface area contributed by atoms with Crippen molar-refractivity contribution in [2.45, 2.75) is 25.7 Å². The van der Waals surface area contributed by atoms with Gasteiger partial charge in [0.2, 0.25) is 0 Å². The van der Waals surface area contributed by atoms with Crippen LogP contribution in [0.2, 0.25) is 0 Å². The summed E-state index contributed by atoms with van der Waals surface area (Å²) < 4.78 is 4.93. The van der Waals surface area contributed by atoms with E-state index in [2.05, 4.69) is 155 Å². The van der Waals surface area contributed by atoms with Crippen molar-refractivity contribution in [3.8, 4) is 22.5 Å². The average molecular weight is 589 g/mol. The van der Waals surface area contributed by atoms with Crippen LogP contribution in [0.15, 0.2) is 133 Å². The predicted molar refractivity (Wildman–Crippen MR) is 195 cm³/mol. The number of aryl methyl sites for hydroxylation is 2. The van der Waals surface area contributed by atoms with Crippen LogP contribution in [0.3, 0.4) is 0 Å². The molecule has 0 saturated heterocycles. The first kappa shape index (κ1) is 25.7. The van der Waals surface area contributed by atoms with E-state index in [1.54, 1.807) is 0 Å². The molecule has 2 heteroatoms. The van der Waals surface area contributed by atoms with Crippen LogP contribution >= 0.6 is 0 Å². The number of rotatable bonds is 3. The summed E-state index contributed by atoms with van der Waals surface area (Å²) in [6.45, 7) is 0. The summed E-state index contributed by atoms with van der Waals surface area (Å²) in [6, 6.07) is 45.3. The third-order valence-electron chi connectivity index (χ3n) is 10.2. The summed E-state index contributed by atoms with van der Waals surface area (Å²) in [7, 11) is 0. The van der Waals surface area contributed by atoms with Gasteiger partial charge in [-0.25, -0.2) is 0 Å². The molecular formula is C44H32N2. The minimum atomic E-state index is 1.06. The van der Waals surface area contributed by atoms with Crippen molar-refractivity contribution in [2.75, 3.05) is 0 Å². The third kappa shape index (κ3) is 3.77. The van der Waals surface area contributed by atoms with Crippen LogP contribution in [0.25, 0.3) is 78.1 Å². The second-order valence-corrected chi connectivity index (χ2v) is 12.8. The fraction of sp³-hybridized carbons (Fsp3) is 0.0909. The highest BCUT2D eigenvalue weighted by atomic mass is 15.0. The van der Waals surface area contributed by atoms with E-state index in [0.717, 1.165) is 25.7 Å². The number of aromatic nitrogens is 2. The molecule has 2 aliphatic carbocycles. The number of para-hydroxylation sites is 1. The third-order valence-corrected chi connectivity index (χ3v) is 10.2. The van der Waals surface area contributed by atoms with E-state index in [4.69, 9.17) is 0 Å². The average Bonchev–Trinajstić information content (AvgIpc) is 3.63. The SMILES string of the molecule is C1=Cc2c(cccc2-n2c3ccccc3c3cc(-c4ccc5c(c4)c4c(n5-c5ccc6ccccc6c5)C=CCC4)ccc32)CC1. The van der Waals surface area contributed by atoms with Gasteiger partial charge in [-0.05, 0) is 113 Å². The molecule has 0 amide bonds. The number of nitrogens with zero attached hydrogens (tertiary/aromatic N) is 2. The molecule has 2 aliphatic rings. The number of hydrogen-bond donors (Lipinski definition) is 0. The van der Waals surface area contributed by atoms with Gasteiger partial charge in [0.15, 0.2) is 0 Å². The van der Waals surface area contributed by atoms with Gasteiger partial charge in [-0.2, -0.15) is 0 Å². The molecule has 10 rings (SSSR count). The molecule has 46 heavy (non-hydrogen) atoms. The van der Waals surface area contributed by atoms with Gasteiger partial charge in [0.05, 0.1) is 22.2 Å². The molecule has 0 saturated carbocycles. The molecule has 0 fully saturated rings. The summed E-state index contributed by atoms with van der Waals surface area (Å²) in [5, 5.41) is 6.49. The van der Waals surface area contributed by atoms with Gasteiger partial charge < -0.3 is 9.13 Å². The Bertz CT molecular complexity index is 2590. The summed E-state index contributed by atoms with van der Waals surface area (Å²) >= 11 is 0. The number of allylic oxidation sites excluding steroid dienone is 2. The smallest absolute Gasteiger partial charge is 0.0541 e. The highest BCUT2D eigenvalue weighted by molar-refractivity contribution is 6.11. The van der Waals surface area contributed by atoms with Crippen molar-refractivity contribution in [1.82, 2.24) is 9.13 Å². The minimum Gasteiger partial charge on any atom is -0.310 e. The lowest BCUT2D eigenvalue weighted by Gasteiger charge is -2.17. The highest BCUT2D eigenvalue weighted by Gasteiger charge is 2.21. The summed E-state index contributed by atoms with van der Waals surface area (Å²) in [5.41, 5.74) is 14.3. The van der Waals surface area contributed by atoms with Gasteiger partial charge in [0, 0.05) is 33.1 Å². The lowest BCUT2D eigenvalue weighted by molar-refractivity contribution is 0.968. The van der Waals surface area contributed by atoms with Crippen LogP contribution in [0.5, 0.6) is 0 Å². The Morgan fingerprint density at radius 3 is 2.13 bits per heavy atom. The van der Waals surface area contributed by atoms with Crippen LogP contribution < -0.4 is 0 Å². The van der Waals surface area contributed by atoms with Gasteiger partial charge in [0.25, 0.3) is 0 Å². The van der Waals surface area contributed by atoms with Crippen LogP contribution in [0, 0.1) is 0 Å². The Hall–Kier alpha value is -5.60. The van der Waals surface area contributed by atoms with E-state index in [-0.39, 0.29) is 0 Å². The zero-order valence-corrected chi connectivity index (χ0v) is 25.6. The molecule has 0 atom stereocenters. The first-order valence-electron chi connectivity index (χ1n) is 16.5. The maximum Gasteiger partial charge on any atom is 0.0541 e. The Labute approximate surface area is 268 Å². The second kappa shape index (κ2) is 9.95. The highest BCUT2D eigenvalue weighted by Crippen LogP contribution is 2.40. The molecule has 2 aromatic heterocycles. The van der Waals surface area contributed by atoms with Gasteiger partial charge in [-0.1, -0.05) is 91.0 Å². The van der Waals surface area contributed by atoms with E-state index < -0.39 is 0 Å². The Kier molecular flexibility index (Phi) is 5.56. The van der Waals surface area contributed by atoms with E-state index in [0.29, 0.717) is 0 Å². The van der Waals surface area contributed by atoms with Crippen molar-refractivity contribution in [3.05, 3.63) is 156 Å². The van der Waals surface area contributed by atoms with Crippen LogP contribution in [-0.4, -0.2) is 9.13 Å². The molecule has 0 spiro atoms. The topological polar surface area (TPSA) is 9.86 Å². The monoisotopic (exact) mass is 588 g/mol. The fourth-order valence-corrected chi connectivity index (χ4v) is 8.07. The normalized spacial score (nSPS) is 14.0. The summed E-state index contributed by atoms with van der Waals surface area (Å²) in [5.74, 6) is 0. The van der Waals surface area contributed by atoms with E-state index in [1.165, 1.54) is 88.4 Å². The molecule has 0 radical (unpaired) electrons. The molecule has 8 aromatic rings. The van der Waals surface area contributed by atoms with E-state index in [1.807, 2.05) is 0 Å². The van der Waals surface area contributed by atoms with Crippen molar-refractivity contribution >= 4 is 55.6 Å². The first-order valence-corrected chi connectivity index (χ1v) is 16.5. The van der Waals surface area contributed by atoms with E-state index in [9.17, 15) is 0 Å². The van der Waals surface area contributed by atoms with Crippen LogP contribution in [0.1, 0.15) is 35.2 Å². The maximum atomic E-state index is 2.47. The first-order chi connectivity index (χ1) is 22.8. The quantitative estimate of drug-likeness (QED) is 0.194. The zero-order chi connectivity index (χ0) is 30.2. The van der Waals surface area contributed by atoms with Crippen LogP contribution in [-0.2, 0) is 12.8 Å². The van der Waals surface area contributed by atoms with Gasteiger partial charge in [-0.15, -0.1) is 0 Å². The Morgan fingerprint density at radius 1 is 0.478 bits per heavy atom. The number of benzene rings is 6. The molecule has 0 unspecified atom stereocenters. The Balaban J connectivity index is 1.16. The molecule has 0 aliphatic heterocycles. The number of hydrogen-bond acceptors (Lipinski definition) is 0. The lowest BCUT2D eigenvalue weighted by atomic mass is 9.95. The van der Waals surface area contributed by atoms with E-state index >= 15 is 0 Å². The van der Waals surface area contributed by atoms with Gasteiger partial charge >= 0.3 is 0 Å². The molecule has 6 aromatic carbocycles. The molecule has 2 heterocycles. The largest absolute Gasteiger partial charge is 0.310 e. The van der Waals surface area contributed by atoms with Crippen molar-refractivity contribution < 1.29 is 0 Å². The second-order valence-electron chi connectivity index (χ2n) is 12.8. The predicted octanol–water partition coefficient (Wildman–Crippen LogP) is 11.5. The summed E-state index contributed by atoms with van der Waals surface area (Å²) in [4.78, 5) is 0. The minimum absolute atomic E-state index is 1.06.